The van der Waals surface area contributed by atoms with Crippen molar-refractivity contribution in [2.45, 2.75) is 46.7 Å². The molecule has 1 aromatic carbocycles. The smallest absolute Gasteiger partial charge is 0.318 e. The molecule has 0 aliphatic carbocycles. The van der Waals surface area contributed by atoms with E-state index in [4.69, 9.17) is 4.52 Å². The monoisotopic (exact) mass is 396 g/mol. The quantitative estimate of drug-likeness (QED) is 0.827. The van der Waals surface area contributed by atoms with Crippen LogP contribution in [0.5, 0.6) is 0 Å². The van der Waals surface area contributed by atoms with E-state index in [1.165, 1.54) is 0 Å². The third-order valence-electron chi connectivity index (χ3n) is 5.72. The van der Waals surface area contributed by atoms with Crippen LogP contribution in [0.4, 0.5) is 4.79 Å². The second kappa shape index (κ2) is 8.41. The molecule has 2 aromatic rings. The molecular weight excluding hydrogens is 364 g/mol. The van der Waals surface area contributed by atoms with Crippen LogP contribution in [-0.2, 0) is 12.1 Å². The molecule has 0 saturated carbocycles. The fourth-order valence-corrected chi connectivity index (χ4v) is 3.65. The van der Waals surface area contributed by atoms with Crippen molar-refractivity contribution in [3.8, 4) is 0 Å². The lowest BCUT2D eigenvalue weighted by Crippen LogP contribution is -2.54. The van der Waals surface area contributed by atoms with Crippen molar-refractivity contribution < 1.29 is 9.32 Å². The Morgan fingerprint density at radius 1 is 1.24 bits per heavy atom. The summed E-state index contributed by atoms with van der Waals surface area (Å²) in [6.45, 7) is 17.9. The summed E-state index contributed by atoms with van der Waals surface area (Å²) in [5.74, 6) is 0.876. The van der Waals surface area contributed by atoms with Crippen molar-refractivity contribution in [3.63, 3.8) is 0 Å². The maximum atomic E-state index is 12.9. The molecule has 0 unspecified atom stereocenters. The molecule has 1 aliphatic heterocycles. The normalized spacial score (nSPS) is 15.4. The number of allylic oxidation sites excluding steroid dienone is 1. The maximum absolute atomic E-state index is 12.9. The highest BCUT2D eigenvalue weighted by atomic mass is 16.5. The average molecular weight is 397 g/mol. The molecule has 1 aromatic heterocycles. The molecule has 29 heavy (non-hydrogen) atoms. The minimum atomic E-state index is -0.462. The van der Waals surface area contributed by atoms with Gasteiger partial charge in [0.15, 0.2) is 0 Å². The average Bonchev–Trinajstić information content (AvgIpc) is 3.00. The number of nitrogens with zero attached hydrogens (tertiary/aromatic N) is 3. The summed E-state index contributed by atoms with van der Waals surface area (Å²) in [4.78, 5) is 17.1. The number of nitrogens with one attached hydrogen (secondary N) is 1. The number of hydrogen-bond donors (Lipinski definition) is 1. The maximum Gasteiger partial charge on any atom is 0.318 e. The molecule has 0 atom stereocenters. The van der Waals surface area contributed by atoms with E-state index in [1.54, 1.807) is 0 Å². The highest BCUT2D eigenvalue weighted by molar-refractivity contribution is 5.75. The van der Waals surface area contributed by atoms with Gasteiger partial charge in [-0.25, -0.2) is 4.79 Å². The Balaban J connectivity index is 1.58. The van der Waals surface area contributed by atoms with Crippen LogP contribution >= 0.6 is 0 Å². The number of benzene rings is 1. The molecule has 6 nitrogen and oxygen atoms in total. The SMILES string of the molecule is C=C(C)c1cccc(C(C)(C)NC(=O)N2CCN(Cc3c(C)noc3C)CC2)c1. The zero-order valence-corrected chi connectivity index (χ0v) is 18.2. The fourth-order valence-electron chi connectivity index (χ4n) is 3.65. The lowest BCUT2D eigenvalue weighted by Gasteiger charge is -2.37. The van der Waals surface area contributed by atoms with Crippen molar-refractivity contribution in [2.75, 3.05) is 26.2 Å². The molecule has 1 fully saturated rings. The first kappa shape index (κ1) is 21.1. The van der Waals surface area contributed by atoms with E-state index in [-0.39, 0.29) is 6.03 Å². The predicted molar refractivity (Wildman–Crippen MR) is 116 cm³/mol. The van der Waals surface area contributed by atoms with Crippen LogP contribution in [0.3, 0.4) is 0 Å². The molecule has 1 saturated heterocycles. The lowest BCUT2D eigenvalue weighted by molar-refractivity contribution is 0.129. The standard InChI is InChI=1S/C23H32N4O2/c1-16(2)19-8-7-9-20(14-19)23(5,6)24-22(28)27-12-10-26(11-13-27)15-21-17(3)25-29-18(21)4/h7-9,14H,1,10-13,15H2,2-6H3,(H,24,28). The van der Waals surface area contributed by atoms with Gasteiger partial charge in [-0.15, -0.1) is 0 Å². The molecule has 2 heterocycles. The van der Waals surface area contributed by atoms with Crippen molar-refractivity contribution in [3.05, 3.63) is 59.0 Å². The summed E-state index contributed by atoms with van der Waals surface area (Å²) in [6, 6.07) is 8.19. The van der Waals surface area contributed by atoms with E-state index in [0.717, 1.165) is 53.4 Å². The van der Waals surface area contributed by atoms with E-state index in [2.05, 4.69) is 28.0 Å². The van der Waals surface area contributed by atoms with Gasteiger partial charge >= 0.3 is 6.03 Å². The minimum absolute atomic E-state index is 0.0206. The third kappa shape index (κ3) is 4.88. The summed E-state index contributed by atoms with van der Waals surface area (Å²) >= 11 is 0. The molecular formula is C23H32N4O2. The van der Waals surface area contributed by atoms with Crippen molar-refractivity contribution in [2.24, 2.45) is 0 Å². The summed E-state index contributed by atoms with van der Waals surface area (Å²) in [7, 11) is 0. The van der Waals surface area contributed by atoms with Gasteiger partial charge in [-0.1, -0.05) is 35.5 Å². The van der Waals surface area contributed by atoms with Crippen LogP contribution in [0.15, 0.2) is 35.4 Å². The van der Waals surface area contributed by atoms with Gasteiger partial charge in [0.25, 0.3) is 0 Å². The number of aromatic nitrogens is 1. The van der Waals surface area contributed by atoms with Gasteiger partial charge in [0.2, 0.25) is 0 Å². The number of carbonyl (C=O) groups excluding carboxylic acids is 1. The van der Waals surface area contributed by atoms with Gasteiger partial charge < -0.3 is 14.7 Å². The number of hydrogen-bond acceptors (Lipinski definition) is 4. The Morgan fingerprint density at radius 2 is 1.93 bits per heavy atom. The number of urea groups is 1. The molecule has 0 spiro atoms. The van der Waals surface area contributed by atoms with Crippen molar-refractivity contribution >= 4 is 11.6 Å². The van der Waals surface area contributed by atoms with E-state index >= 15 is 0 Å². The molecule has 6 heteroatoms. The Labute approximate surface area is 173 Å². The highest BCUT2D eigenvalue weighted by Gasteiger charge is 2.28. The summed E-state index contributed by atoms with van der Waals surface area (Å²) < 4.78 is 5.26. The number of aryl methyl sites for hydroxylation is 2. The first-order chi connectivity index (χ1) is 13.7. The summed E-state index contributed by atoms with van der Waals surface area (Å²) in [5, 5.41) is 7.23. The molecule has 2 amide bonds. The minimum Gasteiger partial charge on any atom is -0.361 e. The highest BCUT2D eigenvalue weighted by Crippen LogP contribution is 2.24. The van der Waals surface area contributed by atoms with Gasteiger partial charge in [0, 0.05) is 38.3 Å². The fraction of sp³-hybridized carbons (Fsp3) is 0.478. The zero-order chi connectivity index (χ0) is 21.2. The van der Waals surface area contributed by atoms with Crippen molar-refractivity contribution in [1.82, 2.24) is 20.3 Å². The van der Waals surface area contributed by atoms with Gasteiger partial charge in [-0.3, -0.25) is 4.90 Å². The van der Waals surface area contributed by atoms with Crippen LogP contribution in [-0.4, -0.2) is 47.2 Å². The second-order valence-corrected chi connectivity index (χ2v) is 8.48. The number of rotatable bonds is 5. The van der Waals surface area contributed by atoms with Gasteiger partial charge in [-0.2, -0.15) is 0 Å². The van der Waals surface area contributed by atoms with E-state index in [0.29, 0.717) is 13.1 Å². The Morgan fingerprint density at radius 3 is 2.52 bits per heavy atom. The van der Waals surface area contributed by atoms with Crippen LogP contribution in [0.25, 0.3) is 5.57 Å². The lowest BCUT2D eigenvalue weighted by atomic mass is 9.92. The molecule has 156 valence electrons. The third-order valence-corrected chi connectivity index (χ3v) is 5.72. The topological polar surface area (TPSA) is 61.6 Å². The molecule has 1 N–H and O–H groups in total. The number of amides is 2. The molecule has 3 rings (SSSR count). The zero-order valence-electron chi connectivity index (χ0n) is 18.2. The Hall–Kier alpha value is -2.60. The van der Waals surface area contributed by atoms with Gasteiger partial charge in [0.1, 0.15) is 5.76 Å². The Kier molecular flexibility index (Phi) is 6.13. The van der Waals surface area contributed by atoms with Crippen LogP contribution in [0, 0.1) is 13.8 Å². The molecule has 1 aliphatic rings. The molecule has 0 radical (unpaired) electrons. The first-order valence-electron chi connectivity index (χ1n) is 10.1. The number of carbonyl (C=O) groups is 1. The van der Waals surface area contributed by atoms with Gasteiger partial charge in [0.05, 0.1) is 11.2 Å². The molecule has 0 bridgehead atoms. The van der Waals surface area contributed by atoms with E-state index in [9.17, 15) is 4.79 Å². The Bertz CT molecular complexity index is 873. The summed E-state index contributed by atoms with van der Waals surface area (Å²) in [5.41, 5.74) is 4.82. The second-order valence-electron chi connectivity index (χ2n) is 8.48. The largest absolute Gasteiger partial charge is 0.361 e. The number of piperazine rings is 1. The van der Waals surface area contributed by atoms with Crippen LogP contribution in [0.2, 0.25) is 0 Å². The van der Waals surface area contributed by atoms with Crippen LogP contribution in [0.1, 0.15) is 48.9 Å². The summed E-state index contributed by atoms with van der Waals surface area (Å²) in [6.07, 6.45) is 0. The van der Waals surface area contributed by atoms with E-state index in [1.807, 2.05) is 57.7 Å². The van der Waals surface area contributed by atoms with Crippen LogP contribution < -0.4 is 5.32 Å². The van der Waals surface area contributed by atoms with Crippen molar-refractivity contribution in [1.29, 1.82) is 0 Å². The first-order valence-corrected chi connectivity index (χ1v) is 10.1. The predicted octanol–water partition coefficient (Wildman–Crippen LogP) is 4.09. The van der Waals surface area contributed by atoms with E-state index < -0.39 is 5.54 Å². The van der Waals surface area contributed by atoms with Gasteiger partial charge in [-0.05, 0) is 51.8 Å².